The number of aromatic nitrogens is 1. The third-order valence-corrected chi connectivity index (χ3v) is 6.94. The second-order valence-corrected chi connectivity index (χ2v) is 10.7. The molecule has 2 aromatic carbocycles. The monoisotopic (exact) mass is 508 g/mol. The van der Waals surface area contributed by atoms with Crippen LogP contribution in [0.4, 0.5) is 5.69 Å². The van der Waals surface area contributed by atoms with Gasteiger partial charge in [-0.1, -0.05) is 24.3 Å². The maximum Gasteiger partial charge on any atom is 0.264 e. The third kappa shape index (κ3) is 6.41. The van der Waals surface area contributed by atoms with Crippen molar-refractivity contribution in [2.75, 3.05) is 43.9 Å². The lowest BCUT2D eigenvalue weighted by atomic mass is 10.0. The fourth-order valence-electron chi connectivity index (χ4n) is 4.41. The Morgan fingerprint density at radius 2 is 1.67 bits per heavy atom. The molecule has 1 atom stereocenters. The van der Waals surface area contributed by atoms with Crippen LogP contribution in [0.25, 0.3) is 11.1 Å². The van der Waals surface area contributed by atoms with Crippen LogP contribution in [0.5, 0.6) is 5.75 Å². The molecule has 0 bridgehead atoms. The van der Waals surface area contributed by atoms with Crippen molar-refractivity contribution in [3.8, 4) is 16.9 Å². The Hall–Kier alpha value is -3.43. The van der Waals surface area contributed by atoms with Gasteiger partial charge in [0.25, 0.3) is 5.91 Å². The van der Waals surface area contributed by atoms with E-state index in [0.29, 0.717) is 12.2 Å². The van der Waals surface area contributed by atoms with Crippen molar-refractivity contribution in [3.05, 3.63) is 78.1 Å². The number of carbonyl (C=O) groups is 1. The summed E-state index contributed by atoms with van der Waals surface area (Å²) in [5.41, 5.74) is 4.75. The summed E-state index contributed by atoms with van der Waals surface area (Å²) in [6, 6.07) is 18.0. The molecule has 2 heterocycles. The van der Waals surface area contributed by atoms with Crippen LogP contribution in [0.3, 0.4) is 0 Å². The van der Waals surface area contributed by atoms with Gasteiger partial charge in [-0.2, -0.15) is 0 Å². The maximum absolute atomic E-state index is 12.0. The van der Waals surface area contributed by atoms with Crippen molar-refractivity contribution in [1.29, 1.82) is 0 Å². The summed E-state index contributed by atoms with van der Waals surface area (Å²) in [7, 11) is -3.58. The van der Waals surface area contributed by atoms with Gasteiger partial charge in [-0.05, 0) is 55.3 Å². The number of sulfonamides is 1. The second-order valence-electron chi connectivity index (χ2n) is 8.91. The zero-order chi connectivity index (χ0) is 25.7. The number of nitrogens with one attached hydrogen (secondary N) is 1. The van der Waals surface area contributed by atoms with E-state index in [4.69, 9.17) is 4.74 Å². The quantitative estimate of drug-likeness (QED) is 0.496. The Balaban J connectivity index is 1.34. The summed E-state index contributed by atoms with van der Waals surface area (Å²) >= 11 is 0. The van der Waals surface area contributed by atoms with E-state index < -0.39 is 15.9 Å². The van der Waals surface area contributed by atoms with Crippen molar-refractivity contribution in [1.82, 2.24) is 14.6 Å². The number of ether oxygens (including phenoxy) is 1. The zero-order valence-corrected chi connectivity index (χ0v) is 21.7. The molecule has 1 saturated heterocycles. The predicted octanol–water partition coefficient (Wildman–Crippen LogP) is 3.72. The minimum Gasteiger partial charge on any atom is -0.492 e. The number of anilines is 1. The van der Waals surface area contributed by atoms with Gasteiger partial charge in [0.05, 0.1) is 19.1 Å². The molecule has 8 nitrogen and oxygen atoms in total. The van der Waals surface area contributed by atoms with E-state index in [0.717, 1.165) is 55.0 Å². The second kappa shape index (κ2) is 11.1. The maximum atomic E-state index is 12.0. The van der Waals surface area contributed by atoms with Crippen LogP contribution in [0.1, 0.15) is 35.8 Å². The number of nitrogens with zero attached hydrogens (tertiary/aromatic N) is 3. The topological polar surface area (TPSA) is 91.8 Å². The van der Waals surface area contributed by atoms with Gasteiger partial charge >= 0.3 is 0 Å². The molecular formula is C27H32N4O4S. The number of hydrogen-bond donors (Lipinski definition) is 1. The first-order valence-corrected chi connectivity index (χ1v) is 13.9. The van der Waals surface area contributed by atoms with Gasteiger partial charge in [-0.15, -0.1) is 0 Å². The van der Waals surface area contributed by atoms with Crippen molar-refractivity contribution >= 4 is 21.6 Å². The molecule has 9 heteroatoms. The summed E-state index contributed by atoms with van der Waals surface area (Å²) in [6.45, 7) is 8.38. The van der Waals surface area contributed by atoms with Crippen LogP contribution >= 0.6 is 0 Å². The number of piperazine rings is 1. The van der Waals surface area contributed by atoms with Crippen LogP contribution in [-0.4, -0.2) is 63.3 Å². The van der Waals surface area contributed by atoms with E-state index in [2.05, 4.69) is 46.0 Å². The summed E-state index contributed by atoms with van der Waals surface area (Å²) in [5.74, 6) is 0.157. The highest BCUT2D eigenvalue weighted by atomic mass is 32.2. The molecule has 0 aliphatic carbocycles. The summed E-state index contributed by atoms with van der Waals surface area (Å²) < 4.78 is 30.1. The van der Waals surface area contributed by atoms with E-state index in [1.54, 1.807) is 18.3 Å². The SMILES string of the molecule is CCOc1cncc(-c2ccc(C(C)N3CCN(c4ccc(C(=O)NS(C)(=O)=O)cc4)CC3)cc2)c1. The molecule has 1 unspecified atom stereocenters. The average molecular weight is 509 g/mol. The minimum absolute atomic E-state index is 0.288. The van der Waals surface area contributed by atoms with Gasteiger partial charge in [-0.25, -0.2) is 13.1 Å². The van der Waals surface area contributed by atoms with E-state index >= 15 is 0 Å². The average Bonchev–Trinajstić information content (AvgIpc) is 2.88. The fourth-order valence-corrected chi connectivity index (χ4v) is 4.86. The molecule has 36 heavy (non-hydrogen) atoms. The first kappa shape index (κ1) is 25.7. The third-order valence-electron chi connectivity index (χ3n) is 6.39. The highest BCUT2D eigenvalue weighted by Crippen LogP contribution is 2.28. The summed E-state index contributed by atoms with van der Waals surface area (Å²) in [5, 5.41) is 0. The lowest BCUT2D eigenvalue weighted by Gasteiger charge is -2.39. The van der Waals surface area contributed by atoms with E-state index in [-0.39, 0.29) is 6.04 Å². The number of carbonyl (C=O) groups excluding carboxylic acids is 1. The molecule has 1 aromatic heterocycles. The standard InChI is InChI=1S/C27H32N4O4S/c1-4-35-26-17-24(18-28-19-26)22-7-5-21(6-8-22)20(2)30-13-15-31(16-14-30)25-11-9-23(10-12-25)27(32)29-36(3,33)34/h5-12,17-20H,4,13-16H2,1-3H3,(H,29,32). The lowest BCUT2D eigenvalue weighted by molar-refractivity contribution is 0.0981. The smallest absolute Gasteiger partial charge is 0.264 e. The van der Waals surface area contributed by atoms with Crippen LogP contribution in [0.2, 0.25) is 0 Å². The molecule has 1 amide bonds. The van der Waals surface area contributed by atoms with Gasteiger partial charge in [0, 0.05) is 55.2 Å². The Kier molecular flexibility index (Phi) is 7.91. The van der Waals surface area contributed by atoms with Crippen molar-refractivity contribution in [2.45, 2.75) is 19.9 Å². The summed E-state index contributed by atoms with van der Waals surface area (Å²) in [4.78, 5) is 21.1. The number of amides is 1. The van der Waals surface area contributed by atoms with E-state index in [1.165, 1.54) is 5.56 Å². The number of pyridine rings is 1. The first-order valence-electron chi connectivity index (χ1n) is 12.0. The molecule has 1 fully saturated rings. The molecule has 190 valence electrons. The fraction of sp³-hybridized carbons (Fsp3) is 0.333. The Bertz CT molecular complexity index is 1290. The molecule has 0 spiro atoms. The number of benzene rings is 2. The first-order chi connectivity index (χ1) is 17.2. The van der Waals surface area contributed by atoms with Crippen molar-refractivity contribution in [2.24, 2.45) is 0 Å². The van der Waals surface area contributed by atoms with Crippen LogP contribution in [0, 0.1) is 0 Å². The zero-order valence-electron chi connectivity index (χ0n) is 20.8. The molecule has 0 saturated carbocycles. The van der Waals surface area contributed by atoms with Crippen LogP contribution < -0.4 is 14.4 Å². The van der Waals surface area contributed by atoms with Crippen LogP contribution in [0.15, 0.2) is 67.0 Å². The molecule has 4 rings (SSSR count). The molecule has 1 N–H and O–H groups in total. The van der Waals surface area contributed by atoms with E-state index in [1.807, 2.05) is 36.0 Å². The Morgan fingerprint density at radius 3 is 2.28 bits per heavy atom. The lowest BCUT2D eigenvalue weighted by Crippen LogP contribution is -2.47. The van der Waals surface area contributed by atoms with E-state index in [9.17, 15) is 13.2 Å². The molecule has 1 aliphatic heterocycles. The van der Waals surface area contributed by atoms with Crippen LogP contribution in [-0.2, 0) is 10.0 Å². The molecule has 0 radical (unpaired) electrons. The van der Waals surface area contributed by atoms with Gasteiger partial charge in [0.2, 0.25) is 10.0 Å². The minimum atomic E-state index is -3.58. The molecular weight excluding hydrogens is 476 g/mol. The molecule has 1 aliphatic rings. The molecule has 3 aromatic rings. The number of hydrogen-bond acceptors (Lipinski definition) is 7. The highest BCUT2D eigenvalue weighted by molar-refractivity contribution is 7.89. The normalized spacial score (nSPS) is 15.4. The Labute approximate surface area is 213 Å². The number of rotatable bonds is 8. The summed E-state index contributed by atoms with van der Waals surface area (Å²) in [6.07, 6.45) is 4.55. The van der Waals surface area contributed by atoms with Gasteiger partial charge < -0.3 is 9.64 Å². The van der Waals surface area contributed by atoms with Crippen molar-refractivity contribution < 1.29 is 17.9 Å². The van der Waals surface area contributed by atoms with Gasteiger partial charge in [0.1, 0.15) is 5.75 Å². The highest BCUT2D eigenvalue weighted by Gasteiger charge is 2.22. The van der Waals surface area contributed by atoms with Crippen molar-refractivity contribution in [3.63, 3.8) is 0 Å². The largest absolute Gasteiger partial charge is 0.492 e. The van der Waals surface area contributed by atoms with Gasteiger partial charge in [-0.3, -0.25) is 14.7 Å². The predicted molar refractivity (Wildman–Crippen MR) is 142 cm³/mol. The van der Waals surface area contributed by atoms with Gasteiger partial charge in [0.15, 0.2) is 0 Å². The Morgan fingerprint density at radius 1 is 1.00 bits per heavy atom.